The first-order valence-electron chi connectivity index (χ1n) is 10.4. The van der Waals surface area contributed by atoms with Gasteiger partial charge in [-0.2, -0.15) is 5.10 Å². The zero-order valence-corrected chi connectivity index (χ0v) is 17.2. The Morgan fingerprint density at radius 2 is 1.93 bits per heavy atom. The van der Waals surface area contributed by atoms with Crippen molar-refractivity contribution >= 4 is 11.7 Å². The summed E-state index contributed by atoms with van der Waals surface area (Å²) in [6.07, 6.45) is 6.95. The number of aromatic nitrogens is 3. The summed E-state index contributed by atoms with van der Waals surface area (Å²) >= 11 is 0. The van der Waals surface area contributed by atoms with Gasteiger partial charge in [0.2, 0.25) is 0 Å². The number of nitrogens with one attached hydrogen (secondary N) is 1. The summed E-state index contributed by atoms with van der Waals surface area (Å²) in [6, 6.07) is 14.0. The number of benzene rings is 1. The predicted molar refractivity (Wildman–Crippen MR) is 116 cm³/mol. The molecule has 1 saturated heterocycles. The summed E-state index contributed by atoms with van der Waals surface area (Å²) in [7, 11) is 0. The molecule has 4 rings (SSSR count). The highest BCUT2D eigenvalue weighted by Gasteiger charge is 2.23. The van der Waals surface area contributed by atoms with Crippen LogP contribution in [-0.2, 0) is 6.54 Å². The Hall–Kier alpha value is -3.19. The van der Waals surface area contributed by atoms with E-state index in [0.29, 0.717) is 12.2 Å². The van der Waals surface area contributed by atoms with Gasteiger partial charge in [0.15, 0.2) is 0 Å². The minimum atomic E-state index is -0.169. The molecule has 156 valence electrons. The molecular weight excluding hydrogens is 378 g/mol. The van der Waals surface area contributed by atoms with Crippen molar-refractivity contribution < 1.29 is 9.53 Å². The van der Waals surface area contributed by atoms with Crippen LogP contribution in [0.25, 0.3) is 0 Å². The first-order valence-corrected chi connectivity index (χ1v) is 10.4. The summed E-state index contributed by atoms with van der Waals surface area (Å²) in [5.41, 5.74) is 1.83. The Morgan fingerprint density at radius 3 is 2.63 bits per heavy atom. The summed E-state index contributed by atoms with van der Waals surface area (Å²) in [4.78, 5) is 18.9. The second-order valence-corrected chi connectivity index (χ2v) is 7.44. The molecule has 1 aliphatic heterocycles. The highest BCUT2D eigenvalue weighted by Crippen LogP contribution is 2.26. The Balaban J connectivity index is 1.32. The molecule has 2 aromatic heterocycles. The fraction of sp³-hybridized carbons (Fsp3) is 0.348. The van der Waals surface area contributed by atoms with Gasteiger partial charge < -0.3 is 10.1 Å². The van der Waals surface area contributed by atoms with Crippen molar-refractivity contribution in [3.63, 3.8) is 0 Å². The summed E-state index contributed by atoms with van der Waals surface area (Å²) in [6.45, 7) is 5.60. The van der Waals surface area contributed by atoms with Crippen molar-refractivity contribution in [2.45, 2.75) is 32.4 Å². The summed E-state index contributed by atoms with van der Waals surface area (Å²) < 4.78 is 7.46. The van der Waals surface area contributed by atoms with E-state index in [1.165, 1.54) is 5.56 Å². The van der Waals surface area contributed by atoms with Crippen LogP contribution in [0.4, 0.5) is 5.82 Å². The number of pyridine rings is 1. The van der Waals surface area contributed by atoms with E-state index in [1.54, 1.807) is 30.7 Å². The average Bonchev–Trinajstić information content (AvgIpc) is 3.24. The van der Waals surface area contributed by atoms with E-state index in [4.69, 9.17) is 4.74 Å². The number of carbonyl (C=O) groups excluding carboxylic acids is 1. The SMILES string of the molecule is CCOc1ccc(CN2CCC(n3nccc3NC(=O)c3cccnc3)CC2)cc1. The third-order valence-corrected chi connectivity index (χ3v) is 5.38. The largest absolute Gasteiger partial charge is 0.494 e. The van der Waals surface area contributed by atoms with Crippen molar-refractivity contribution in [1.29, 1.82) is 0 Å². The van der Waals surface area contributed by atoms with Crippen LogP contribution in [0.1, 0.15) is 41.7 Å². The molecule has 0 atom stereocenters. The van der Waals surface area contributed by atoms with E-state index in [9.17, 15) is 4.79 Å². The van der Waals surface area contributed by atoms with Crippen LogP contribution in [0.5, 0.6) is 5.75 Å². The van der Waals surface area contributed by atoms with E-state index in [1.807, 2.05) is 29.8 Å². The van der Waals surface area contributed by atoms with Crippen molar-refractivity contribution in [3.05, 3.63) is 72.2 Å². The quantitative estimate of drug-likeness (QED) is 0.648. The van der Waals surface area contributed by atoms with Gasteiger partial charge in [-0.05, 0) is 49.6 Å². The maximum atomic E-state index is 12.5. The molecule has 0 spiro atoms. The Bertz CT molecular complexity index is 947. The molecule has 0 saturated carbocycles. The minimum absolute atomic E-state index is 0.169. The van der Waals surface area contributed by atoms with Crippen LogP contribution < -0.4 is 10.1 Å². The Morgan fingerprint density at radius 1 is 1.13 bits per heavy atom. The zero-order valence-electron chi connectivity index (χ0n) is 17.2. The molecule has 30 heavy (non-hydrogen) atoms. The normalized spacial score (nSPS) is 15.1. The van der Waals surface area contributed by atoms with Gasteiger partial charge in [0, 0.05) is 38.1 Å². The molecule has 7 nitrogen and oxygen atoms in total. The Kier molecular flexibility index (Phi) is 6.39. The maximum absolute atomic E-state index is 12.5. The summed E-state index contributed by atoms with van der Waals surface area (Å²) in [5.74, 6) is 1.48. The monoisotopic (exact) mass is 405 g/mol. The standard InChI is InChI=1S/C23H27N5O2/c1-2-30-21-7-5-18(6-8-21)17-27-14-10-20(11-15-27)28-22(9-13-25-28)26-23(29)19-4-3-12-24-16-19/h3-9,12-13,16,20H,2,10-11,14-15,17H2,1H3,(H,26,29). The van der Waals surface area contributed by atoms with Gasteiger partial charge in [0.05, 0.1) is 24.4 Å². The average molecular weight is 406 g/mol. The van der Waals surface area contributed by atoms with Gasteiger partial charge in [-0.15, -0.1) is 0 Å². The number of piperidine rings is 1. The third-order valence-electron chi connectivity index (χ3n) is 5.38. The van der Waals surface area contributed by atoms with E-state index in [-0.39, 0.29) is 11.9 Å². The minimum Gasteiger partial charge on any atom is -0.494 e. The first kappa shape index (κ1) is 20.1. The van der Waals surface area contributed by atoms with Crippen LogP contribution in [-0.4, -0.2) is 45.3 Å². The molecule has 1 aliphatic rings. The van der Waals surface area contributed by atoms with Crippen molar-refractivity contribution in [2.24, 2.45) is 0 Å². The number of hydrogen-bond donors (Lipinski definition) is 1. The molecule has 0 unspecified atom stereocenters. The lowest BCUT2D eigenvalue weighted by Crippen LogP contribution is -2.35. The van der Waals surface area contributed by atoms with Gasteiger partial charge in [-0.25, -0.2) is 4.68 Å². The predicted octanol–water partition coefficient (Wildman–Crippen LogP) is 3.77. The number of nitrogens with zero attached hydrogens (tertiary/aromatic N) is 4. The molecule has 0 radical (unpaired) electrons. The summed E-state index contributed by atoms with van der Waals surface area (Å²) in [5, 5.41) is 7.44. The van der Waals surface area contributed by atoms with E-state index in [2.05, 4.69) is 32.4 Å². The van der Waals surface area contributed by atoms with E-state index in [0.717, 1.165) is 44.0 Å². The van der Waals surface area contributed by atoms with Crippen molar-refractivity contribution in [3.8, 4) is 5.75 Å². The number of anilines is 1. The molecule has 3 heterocycles. The number of carbonyl (C=O) groups is 1. The number of ether oxygens (including phenoxy) is 1. The smallest absolute Gasteiger partial charge is 0.258 e. The first-order chi connectivity index (χ1) is 14.7. The van der Waals surface area contributed by atoms with Crippen LogP contribution in [0.2, 0.25) is 0 Å². The van der Waals surface area contributed by atoms with Crippen molar-refractivity contribution in [1.82, 2.24) is 19.7 Å². The molecule has 1 amide bonds. The molecule has 1 N–H and O–H groups in total. The van der Waals surface area contributed by atoms with Gasteiger partial charge >= 0.3 is 0 Å². The molecule has 1 aromatic carbocycles. The van der Waals surface area contributed by atoms with Gasteiger partial charge in [-0.1, -0.05) is 12.1 Å². The van der Waals surface area contributed by atoms with Crippen LogP contribution in [0.15, 0.2) is 61.1 Å². The lowest BCUT2D eigenvalue weighted by Gasteiger charge is -2.32. The second kappa shape index (κ2) is 9.54. The molecule has 0 bridgehead atoms. The van der Waals surface area contributed by atoms with E-state index >= 15 is 0 Å². The third kappa shape index (κ3) is 4.86. The highest BCUT2D eigenvalue weighted by molar-refractivity contribution is 6.03. The molecule has 1 fully saturated rings. The number of amides is 1. The fourth-order valence-electron chi connectivity index (χ4n) is 3.83. The molecule has 0 aliphatic carbocycles. The number of likely N-dealkylation sites (tertiary alicyclic amines) is 1. The molecule has 7 heteroatoms. The number of rotatable bonds is 7. The molecule has 3 aromatic rings. The lowest BCUT2D eigenvalue weighted by atomic mass is 10.0. The maximum Gasteiger partial charge on any atom is 0.258 e. The van der Waals surface area contributed by atoms with Gasteiger partial charge in [-0.3, -0.25) is 14.7 Å². The number of hydrogen-bond acceptors (Lipinski definition) is 5. The second-order valence-electron chi connectivity index (χ2n) is 7.44. The lowest BCUT2D eigenvalue weighted by molar-refractivity contribution is 0.102. The topological polar surface area (TPSA) is 72.3 Å². The van der Waals surface area contributed by atoms with Crippen LogP contribution >= 0.6 is 0 Å². The van der Waals surface area contributed by atoms with Crippen LogP contribution in [0, 0.1) is 0 Å². The van der Waals surface area contributed by atoms with Gasteiger partial charge in [0.1, 0.15) is 11.6 Å². The molecular formula is C23H27N5O2. The highest BCUT2D eigenvalue weighted by atomic mass is 16.5. The zero-order chi connectivity index (χ0) is 20.8. The Labute approximate surface area is 176 Å². The van der Waals surface area contributed by atoms with Crippen molar-refractivity contribution in [2.75, 3.05) is 25.0 Å². The van der Waals surface area contributed by atoms with E-state index < -0.39 is 0 Å². The fourth-order valence-corrected chi connectivity index (χ4v) is 3.83. The van der Waals surface area contributed by atoms with Crippen LogP contribution in [0.3, 0.4) is 0 Å². The van der Waals surface area contributed by atoms with Gasteiger partial charge in [0.25, 0.3) is 5.91 Å².